The van der Waals surface area contributed by atoms with E-state index >= 15 is 0 Å². The Balaban J connectivity index is 2.19. The Morgan fingerprint density at radius 2 is 1.79 bits per heavy atom. The van der Waals surface area contributed by atoms with Gasteiger partial charge in [0.25, 0.3) is 0 Å². The standard InChI is InChI=1S/C14H15ClN2O2/c1-18-13-8-12(14(19-2)7-11(13)15)17-9-10-3-5-16-6-4-10/h3-8,17H,9H2,1-2H3. The largest absolute Gasteiger partial charge is 0.495 e. The lowest BCUT2D eigenvalue weighted by molar-refractivity contribution is 0.404. The third-order valence-electron chi connectivity index (χ3n) is 2.71. The zero-order valence-electron chi connectivity index (χ0n) is 10.8. The minimum absolute atomic E-state index is 0.522. The summed E-state index contributed by atoms with van der Waals surface area (Å²) in [5.41, 5.74) is 1.96. The fraction of sp³-hybridized carbons (Fsp3) is 0.214. The molecule has 2 aromatic rings. The molecule has 0 fully saturated rings. The van der Waals surface area contributed by atoms with Crippen LogP contribution in [0.4, 0.5) is 5.69 Å². The lowest BCUT2D eigenvalue weighted by Gasteiger charge is -2.13. The molecule has 0 bridgehead atoms. The predicted molar refractivity (Wildman–Crippen MR) is 76.1 cm³/mol. The fourth-order valence-electron chi connectivity index (χ4n) is 1.70. The quantitative estimate of drug-likeness (QED) is 0.911. The number of anilines is 1. The molecular formula is C14H15ClN2O2. The van der Waals surface area contributed by atoms with Crippen LogP contribution in [0.5, 0.6) is 11.5 Å². The van der Waals surface area contributed by atoms with Crippen molar-refractivity contribution in [2.45, 2.75) is 6.54 Å². The van der Waals surface area contributed by atoms with Gasteiger partial charge in [-0.3, -0.25) is 4.98 Å². The summed E-state index contributed by atoms with van der Waals surface area (Å²) in [6.07, 6.45) is 3.52. The van der Waals surface area contributed by atoms with Gasteiger partial charge in [0.2, 0.25) is 0 Å². The molecule has 0 aliphatic carbocycles. The first-order chi connectivity index (χ1) is 9.24. The first-order valence-corrected chi connectivity index (χ1v) is 6.16. The van der Waals surface area contributed by atoms with Crippen LogP contribution in [-0.4, -0.2) is 19.2 Å². The molecule has 0 saturated heterocycles. The van der Waals surface area contributed by atoms with Gasteiger partial charge in [-0.1, -0.05) is 11.6 Å². The number of nitrogens with zero attached hydrogens (tertiary/aromatic N) is 1. The van der Waals surface area contributed by atoms with Gasteiger partial charge in [0, 0.05) is 31.1 Å². The van der Waals surface area contributed by atoms with E-state index in [4.69, 9.17) is 21.1 Å². The van der Waals surface area contributed by atoms with E-state index in [0.717, 1.165) is 11.3 Å². The van der Waals surface area contributed by atoms with E-state index in [1.165, 1.54) is 0 Å². The first kappa shape index (κ1) is 13.5. The van der Waals surface area contributed by atoms with Gasteiger partial charge < -0.3 is 14.8 Å². The SMILES string of the molecule is COc1cc(NCc2ccncc2)c(OC)cc1Cl. The lowest BCUT2D eigenvalue weighted by Crippen LogP contribution is -2.02. The fourth-order valence-corrected chi connectivity index (χ4v) is 1.93. The van der Waals surface area contributed by atoms with E-state index in [2.05, 4.69) is 10.3 Å². The topological polar surface area (TPSA) is 43.4 Å². The van der Waals surface area contributed by atoms with E-state index < -0.39 is 0 Å². The molecule has 0 saturated carbocycles. The summed E-state index contributed by atoms with van der Waals surface area (Å²) in [6, 6.07) is 7.46. The number of hydrogen-bond acceptors (Lipinski definition) is 4. The minimum atomic E-state index is 0.522. The van der Waals surface area contributed by atoms with E-state index in [0.29, 0.717) is 23.1 Å². The van der Waals surface area contributed by atoms with Crippen molar-refractivity contribution in [3.63, 3.8) is 0 Å². The van der Waals surface area contributed by atoms with Crippen molar-refractivity contribution in [3.8, 4) is 11.5 Å². The van der Waals surface area contributed by atoms with Gasteiger partial charge in [0.15, 0.2) is 0 Å². The van der Waals surface area contributed by atoms with Gasteiger partial charge >= 0.3 is 0 Å². The molecule has 19 heavy (non-hydrogen) atoms. The molecule has 100 valence electrons. The number of rotatable bonds is 5. The van der Waals surface area contributed by atoms with Crippen molar-refractivity contribution >= 4 is 17.3 Å². The van der Waals surface area contributed by atoms with Crippen LogP contribution in [0.2, 0.25) is 5.02 Å². The molecule has 1 heterocycles. The molecular weight excluding hydrogens is 264 g/mol. The Hall–Kier alpha value is -1.94. The van der Waals surface area contributed by atoms with Crippen LogP contribution in [0.15, 0.2) is 36.7 Å². The molecule has 0 spiro atoms. The van der Waals surface area contributed by atoms with Gasteiger partial charge in [0.05, 0.1) is 24.9 Å². The van der Waals surface area contributed by atoms with E-state index in [-0.39, 0.29) is 0 Å². The molecule has 2 rings (SSSR count). The minimum Gasteiger partial charge on any atom is -0.495 e. The maximum atomic E-state index is 6.06. The highest BCUT2D eigenvalue weighted by atomic mass is 35.5. The van der Waals surface area contributed by atoms with Crippen LogP contribution in [0.1, 0.15) is 5.56 Å². The van der Waals surface area contributed by atoms with Crippen LogP contribution in [0.25, 0.3) is 0 Å². The highest BCUT2D eigenvalue weighted by Crippen LogP contribution is 2.35. The zero-order valence-corrected chi connectivity index (χ0v) is 11.6. The number of ether oxygens (including phenoxy) is 2. The highest BCUT2D eigenvalue weighted by molar-refractivity contribution is 6.32. The van der Waals surface area contributed by atoms with Crippen LogP contribution in [0.3, 0.4) is 0 Å². The number of benzene rings is 1. The first-order valence-electron chi connectivity index (χ1n) is 5.79. The molecule has 0 aliphatic heterocycles. The Labute approximate surface area is 117 Å². The maximum absolute atomic E-state index is 6.06. The van der Waals surface area contributed by atoms with Crippen molar-refractivity contribution < 1.29 is 9.47 Å². The van der Waals surface area contributed by atoms with E-state index in [1.807, 2.05) is 18.2 Å². The number of methoxy groups -OCH3 is 2. The second kappa shape index (κ2) is 6.29. The second-order valence-corrected chi connectivity index (χ2v) is 4.30. The summed E-state index contributed by atoms with van der Waals surface area (Å²) >= 11 is 6.06. The van der Waals surface area contributed by atoms with Gasteiger partial charge in [-0.25, -0.2) is 0 Å². The Kier molecular flexibility index (Phi) is 4.47. The van der Waals surface area contributed by atoms with Crippen LogP contribution in [0, 0.1) is 0 Å². The molecule has 5 heteroatoms. The summed E-state index contributed by atoms with van der Waals surface area (Å²) in [6.45, 7) is 0.670. The Morgan fingerprint density at radius 3 is 2.42 bits per heavy atom. The monoisotopic (exact) mass is 278 g/mol. The number of pyridine rings is 1. The Bertz CT molecular complexity index is 547. The maximum Gasteiger partial charge on any atom is 0.143 e. The summed E-state index contributed by atoms with van der Waals surface area (Å²) in [5.74, 6) is 1.29. The number of halogens is 1. The van der Waals surface area contributed by atoms with Gasteiger partial charge in [0.1, 0.15) is 11.5 Å². The molecule has 0 unspecified atom stereocenters. The van der Waals surface area contributed by atoms with E-state index in [1.54, 1.807) is 32.7 Å². The van der Waals surface area contributed by atoms with Crippen LogP contribution < -0.4 is 14.8 Å². The lowest BCUT2D eigenvalue weighted by atomic mass is 10.2. The van der Waals surface area contributed by atoms with Crippen LogP contribution >= 0.6 is 11.6 Å². The van der Waals surface area contributed by atoms with Gasteiger partial charge in [-0.2, -0.15) is 0 Å². The van der Waals surface area contributed by atoms with Crippen molar-refractivity contribution in [3.05, 3.63) is 47.2 Å². The normalized spacial score (nSPS) is 10.1. The summed E-state index contributed by atoms with van der Waals surface area (Å²) < 4.78 is 10.5. The average molecular weight is 279 g/mol. The molecule has 0 atom stereocenters. The molecule has 1 aromatic heterocycles. The summed E-state index contributed by atoms with van der Waals surface area (Å²) in [4.78, 5) is 3.98. The van der Waals surface area contributed by atoms with Crippen molar-refractivity contribution in [1.29, 1.82) is 0 Å². The third-order valence-corrected chi connectivity index (χ3v) is 3.00. The number of hydrogen-bond donors (Lipinski definition) is 1. The van der Waals surface area contributed by atoms with E-state index in [9.17, 15) is 0 Å². The zero-order chi connectivity index (χ0) is 13.7. The van der Waals surface area contributed by atoms with Gasteiger partial charge in [-0.05, 0) is 17.7 Å². The van der Waals surface area contributed by atoms with Crippen molar-refractivity contribution in [2.24, 2.45) is 0 Å². The molecule has 1 N–H and O–H groups in total. The van der Waals surface area contributed by atoms with Crippen LogP contribution in [-0.2, 0) is 6.54 Å². The summed E-state index contributed by atoms with van der Waals surface area (Å²) in [7, 11) is 3.19. The summed E-state index contributed by atoms with van der Waals surface area (Å²) in [5, 5.41) is 3.81. The molecule has 0 amide bonds. The molecule has 1 aromatic carbocycles. The Morgan fingerprint density at radius 1 is 1.11 bits per heavy atom. The van der Waals surface area contributed by atoms with Crippen molar-refractivity contribution in [2.75, 3.05) is 19.5 Å². The highest BCUT2D eigenvalue weighted by Gasteiger charge is 2.09. The second-order valence-electron chi connectivity index (χ2n) is 3.90. The third kappa shape index (κ3) is 3.29. The molecule has 0 radical (unpaired) electrons. The smallest absolute Gasteiger partial charge is 0.143 e. The average Bonchev–Trinajstić information content (AvgIpc) is 2.46. The molecule has 4 nitrogen and oxygen atoms in total. The number of nitrogens with one attached hydrogen (secondary N) is 1. The molecule has 0 aliphatic rings. The van der Waals surface area contributed by atoms with Gasteiger partial charge in [-0.15, -0.1) is 0 Å². The predicted octanol–water partition coefficient (Wildman–Crippen LogP) is 3.36. The van der Waals surface area contributed by atoms with Crippen molar-refractivity contribution in [1.82, 2.24) is 4.98 Å². The number of aromatic nitrogens is 1.